The van der Waals surface area contributed by atoms with Crippen LogP contribution in [0.2, 0.25) is 0 Å². The molecule has 0 amide bonds. The zero-order valence-electron chi connectivity index (χ0n) is 16.9. The summed E-state index contributed by atoms with van der Waals surface area (Å²) in [6, 6.07) is 24.5. The van der Waals surface area contributed by atoms with Crippen LogP contribution in [-0.2, 0) is 19.7 Å². The number of ether oxygens (including phenoxy) is 2. The fourth-order valence-corrected chi connectivity index (χ4v) is 4.31. The monoisotopic (exact) mass is 398 g/mol. The Morgan fingerprint density at radius 2 is 1.60 bits per heavy atom. The van der Waals surface area contributed by atoms with Crippen LogP contribution in [0.1, 0.15) is 28.2 Å². The number of methoxy groups -OCH3 is 1. The van der Waals surface area contributed by atoms with Gasteiger partial charge in [-0.15, -0.1) is 0 Å². The van der Waals surface area contributed by atoms with Gasteiger partial charge in [0.05, 0.1) is 7.11 Å². The number of aryl methyl sites for hydroxylation is 1. The van der Waals surface area contributed by atoms with Gasteiger partial charge in [0.25, 0.3) is 0 Å². The van der Waals surface area contributed by atoms with E-state index in [1.165, 1.54) is 7.11 Å². The molecule has 0 aromatic heterocycles. The number of esters is 2. The summed E-state index contributed by atoms with van der Waals surface area (Å²) in [5, 5.41) is 0. The van der Waals surface area contributed by atoms with Gasteiger partial charge in [0.15, 0.2) is 0 Å². The lowest BCUT2D eigenvalue weighted by Gasteiger charge is -2.36. The van der Waals surface area contributed by atoms with E-state index < -0.39 is 23.3 Å². The second-order valence-electron chi connectivity index (χ2n) is 7.42. The molecule has 150 valence electrons. The fourth-order valence-electron chi connectivity index (χ4n) is 4.31. The molecule has 3 aromatic carbocycles. The van der Waals surface area contributed by atoms with Gasteiger partial charge in [-0.2, -0.15) is 0 Å². The average molecular weight is 398 g/mol. The highest BCUT2D eigenvalue weighted by Crippen LogP contribution is 2.54. The molecule has 30 heavy (non-hydrogen) atoms. The largest absolute Gasteiger partial charge is 0.466 e. The van der Waals surface area contributed by atoms with Gasteiger partial charge >= 0.3 is 11.9 Å². The van der Waals surface area contributed by atoms with E-state index in [4.69, 9.17) is 9.47 Å². The Hall–Kier alpha value is -3.66. The van der Waals surface area contributed by atoms with Crippen molar-refractivity contribution in [2.75, 3.05) is 7.11 Å². The lowest BCUT2D eigenvalue weighted by atomic mass is 9.62. The van der Waals surface area contributed by atoms with E-state index >= 15 is 0 Å². The quantitative estimate of drug-likeness (QED) is 0.355. The highest BCUT2D eigenvalue weighted by atomic mass is 16.5. The van der Waals surface area contributed by atoms with Gasteiger partial charge in [0, 0.05) is 17.1 Å². The van der Waals surface area contributed by atoms with Gasteiger partial charge in [0.2, 0.25) is 0 Å². The van der Waals surface area contributed by atoms with Gasteiger partial charge in [-0.05, 0) is 24.1 Å². The Labute approximate surface area is 175 Å². The number of hydrogen-bond acceptors (Lipinski definition) is 4. The van der Waals surface area contributed by atoms with Crippen molar-refractivity contribution in [2.45, 2.75) is 18.3 Å². The molecule has 0 spiro atoms. The lowest BCUT2D eigenvalue weighted by Crippen LogP contribution is -2.43. The molecule has 3 aromatic rings. The minimum atomic E-state index is -1.27. The molecule has 4 rings (SSSR count). The Balaban J connectivity index is 2.08. The maximum atomic E-state index is 13.6. The van der Waals surface area contributed by atoms with E-state index in [1.54, 1.807) is 6.07 Å². The van der Waals surface area contributed by atoms with Gasteiger partial charge < -0.3 is 9.47 Å². The van der Waals surface area contributed by atoms with E-state index in [2.05, 4.69) is 6.58 Å². The average Bonchev–Trinajstić information content (AvgIpc) is 3.07. The van der Waals surface area contributed by atoms with Crippen molar-refractivity contribution in [3.05, 3.63) is 113 Å². The second kappa shape index (κ2) is 7.64. The van der Waals surface area contributed by atoms with Gasteiger partial charge in [-0.3, -0.25) is 4.79 Å². The van der Waals surface area contributed by atoms with Crippen LogP contribution in [-0.4, -0.2) is 19.0 Å². The molecule has 0 aliphatic carbocycles. The minimum Gasteiger partial charge on any atom is -0.466 e. The summed E-state index contributed by atoms with van der Waals surface area (Å²) >= 11 is 0. The van der Waals surface area contributed by atoms with E-state index in [1.807, 2.05) is 79.7 Å². The number of fused-ring (bicyclic) bond motifs is 1. The highest BCUT2D eigenvalue weighted by molar-refractivity contribution is 6.00. The first-order valence-corrected chi connectivity index (χ1v) is 9.71. The van der Waals surface area contributed by atoms with Crippen LogP contribution in [0.5, 0.6) is 5.75 Å². The standard InChI is InChI=1S/C26H22O4/c1-17-13-15-19(16-14-17)23(18(2)24(27)29-3)26(20-9-5-4-6-10-20)21-11-7-8-12-22(21)30-25(26)28/h4-16,23H,2H2,1,3H3/t23-,26-/m0/s1. The Morgan fingerprint density at radius 3 is 2.27 bits per heavy atom. The Kier molecular flexibility index (Phi) is 5.00. The van der Waals surface area contributed by atoms with E-state index in [9.17, 15) is 9.59 Å². The molecular formula is C26H22O4. The number of rotatable bonds is 5. The molecule has 0 bridgehead atoms. The van der Waals surface area contributed by atoms with Crippen molar-refractivity contribution in [1.82, 2.24) is 0 Å². The van der Waals surface area contributed by atoms with Gasteiger partial charge in [-0.25, -0.2) is 4.79 Å². The van der Waals surface area contributed by atoms with Crippen LogP contribution in [0.15, 0.2) is 91.0 Å². The number of para-hydroxylation sites is 1. The summed E-state index contributed by atoms with van der Waals surface area (Å²) in [5.74, 6) is -1.22. The first-order chi connectivity index (χ1) is 14.5. The Bertz CT molecular complexity index is 1120. The fraction of sp³-hybridized carbons (Fsp3) is 0.154. The third-order valence-corrected chi connectivity index (χ3v) is 5.71. The zero-order chi connectivity index (χ0) is 21.3. The van der Waals surface area contributed by atoms with E-state index in [-0.39, 0.29) is 5.57 Å². The third kappa shape index (κ3) is 2.92. The van der Waals surface area contributed by atoms with Gasteiger partial charge in [0.1, 0.15) is 11.2 Å². The van der Waals surface area contributed by atoms with Gasteiger partial charge in [-0.1, -0.05) is 84.9 Å². The van der Waals surface area contributed by atoms with Crippen molar-refractivity contribution < 1.29 is 19.1 Å². The van der Waals surface area contributed by atoms with Crippen molar-refractivity contribution in [1.29, 1.82) is 0 Å². The SMILES string of the molecule is C=C(C(=O)OC)[C@@H](c1ccc(C)cc1)[C@@]1(c2ccccc2)C(=O)Oc2ccccc21. The molecule has 0 N–H and O–H groups in total. The van der Waals surface area contributed by atoms with Crippen LogP contribution in [0.3, 0.4) is 0 Å². The van der Waals surface area contributed by atoms with Crippen LogP contribution < -0.4 is 4.74 Å². The van der Waals surface area contributed by atoms with Crippen molar-refractivity contribution in [2.24, 2.45) is 0 Å². The van der Waals surface area contributed by atoms with Crippen molar-refractivity contribution >= 4 is 11.9 Å². The first-order valence-electron chi connectivity index (χ1n) is 9.71. The van der Waals surface area contributed by atoms with Crippen LogP contribution in [0.25, 0.3) is 0 Å². The third-order valence-electron chi connectivity index (χ3n) is 5.71. The zero-order valence-corrected chi connectivity index (χ0v) is 16.9. The van der Waals surface area contributed by atoms with E-state index in [0.717, 1.165) is 16.7 Å². The summed E-state index contributed by atoms with van der Waals surface area (Å²) in [6.07, 6.45) is 0. The van der Waals surface area contributed by atoms with Crippen molar-refractivity contribution in [3.8, 4) is 5.75 Å². The lowest BCUT2D eigenvalue weighted by molar-refractivity contribution is -0.138. The summed E-state index contributed by atoms with van der Waals surface area (Å²) in [7, 11) is 1.32. The molecule has 4 nitrogen and oxygen atoms in total. The van der Waals surface area contributed by atoms with Crippen LogP contribution in [0, 0.1) is 6.92 Å². The molecule has 1 heterocycles. The normalized spacial score (nSPS) is 18.3. The maximum Gasteiger partial charge on any atom is 0.333 e. The summed E-state index contributed by atoms with van der Waals surface area (Å²) in [5.41, 5.74) is 2.22. The molecule has 4 heteroatoms. The van der Waals surface area contributed by atoms with Crippen LogP contribution >= 0.6 is 0 Å². The summed E-state index contributed by atoms with van der Waals surface area (Å²) < 4.78 is 10.7. The maximum absolute atomic E-state index is 13.6. The molecule has 0 unspecified atom stereocenters. The predicted molar refractivity (Wildman–Crippen MR) is 114 cm³/mol. The second-order valence-corrected chi connectivity index (χ2v) is 7.42. The predicted octanol–water partition coefficient (Wildman–Crippen LogP) is 4.71. The molecule has 0 radical (unpaired) electrons. The number of carbonyl (C=O) groups is 2. The molecule has 0 fully saturated rings. The summed E-state index contributed by atoms with van der Waals surface area (Å²) in [6.45, 7) is 6.05. The number of hydrogen-bond donors (Lipinski definition) is 0. The topological polar surface area (TPSA) is 52.6 Å². The van der Waals surface area contributed by atoms with E-state index in [0.29, 0.717) is 11.3 Å². The van der Waals surface area contributed by atoms with Crippen LogP contribution in [0.4, 0.5) is 0 Å². The minimum absolute atomic E-state index is 0.193. The van der Waals surface area contributed by atoms with Crippen molar-refractivity contribution in [3.63, 3.8) is 0 Å². The first kappa shape index (κ1) is 19.6. The molecule has 0 saturated carbocycles. The molecule has 0 saturated heterocycles. The molecular weight excluding hydrogens is 376 g/mol. The molecule has 1 aliphatic rings. The number of carbonyl (C=O) groups excluding carboxylic acids is 2. The summed E-state index contributed by atoms with van der Waals surface area (Å²) in [4.78, 5) is 26.3. The number of benzene rings is 3. The highest BCUT2D eigenvalue weighted by Gasteiger charge is 2.57. The Morgan fingerprint density at radius 1 is 0.967 bits per heavy atom. The molecule has 1 aliphatic heterocycles. The smallest absolute Gasteiger partial charge is 0.333 e. The molecule has 2 atom stereocenters.